The highest BCUT2D eigenvalue weighted by molar-refractivity contribution is 6.31. The summed E-state index contributed by atoms with van der Waals surface area (Å²) in [5.74, 6) is 0.447. The smallest absolute Gasteiger partial charge is 0.351 e. The van der Waals surface area contributed by atoms with Crippen LogP contribution in [0.1, 0.15) is 19.4 Å². The van der Waals surface area contributed by atoms with Gasteiger partial charge >= 0.3 is 5.69 Å². The molecular formula is C15H18ClN5O2. The number of benzene rings is 1. The molecule has 1 aromatic carbocycles. The van der Waals surface area contributed by atoms with Crippen molar-refractivity contribution in [3.05, 3.63) is 45.2 Å². The number of nitrogens with zero attached hydrogens (tertiary/aromatic N) is 4. The largest absolute Gasteiger partial charge is 0.353 e. The Morgan fingerprint density at radius 2 is 2.00 bits per heavy atom. The first-order valence-corrected chi connectivity index (χ1v) is 7.63. The zero-order valence-electron chi connectivity index (χ0n) is 13.2. The molecule has 23 heavy (non-hydrogen) atoms. The van der Waals surface area contributed by atoms with Crippen molar-refractivity contribution in [3.63, 3.8) is 0 Å². The number of hydrogen-bond donors (Lipinski definition) is 1. The lowest BCUT2D eigenvalue weighted by atomic mass is 10.2. The maximum atomic E-state index is 11.5. The molecule has 0 unspecified atom stereocenters. The molecule has 1 N–H and O–H groups in total. The molecule has 0 atom stereocenters. The van der Waals surface area contributed by atoms with Gasteiger partial charge in [0.05, 0.1) is 4.92 Å². The Balaban J connectivity index is 2.47. The van der Waals surface area contributed by atoms with Crippen molar-refractivity contribution in [3.8, 4) is 0 Å². The van der Waals surface area contributed by atoms with Gasteiger partial charge in [0.2, 0.25) is 11.6 Å². The summed E-state index contributed by atoms with van der Waals surface area (Å²) < 4.78 is 0. The van der Waals surface area contributed by atoms with Gasteiger partial charge in [-0.25, -0.2) is 9.97 Å². The Kier molecular flexibility index (Phi) is 5.33. The van der Waals surface area contributed by atoms with E-state index in [0.29, 0.717) is 29.6 Å². The average molecular weight is 336 g/mol. The van der Waals surface area contributed by atoms with Gasteiger partial charge in [-0.1, -0.05) is 17.7 Å². The highest BCUT2D eigenvalue weighted by atomic mass is 35.5. The van der Waals surface area contributed by atoms with Crippen LogP contribution < -0.4 is 10.2 Å². The zero-order valence-corrected chi connectivity index (χ0v) is 14.0. The fourth-order valence-corrected chi connectivity index (χ4v) is 2.37. The second kappa shape index (κ2) is 7.23. The van der Waals surface area contributed by atoms with E-state index in [1.54, 1.807) is 12.1 Å². The summed E-state index contributed by atoms with van der Waals surface area (Å²) in [6, 6.07) is 5.34. The van der Waals surface area contributed by atoms with Crippen molar-refractivity contribution < 1.29 is 4.92 Å². The second-order valence-corrected chi connectivity index (χ2v) is 5.32. The molecule has 2 rings (SSSR count). The molecule has 7 nitrogen and oxygen atoms in total. The van der Waals surface area contributed by atoms with Crippen LogP contribution in [0, 0.1) is 17.0 Å². The molecule has 0 amide bonds. The molecule has 0 bridgehead atoms. The van der Waals surface area contributed by atoms with Crippen molar-refractivity contribution in [1.29, 1.82) is 0 Å². The summed E-state index contributed by atoms with van der Waals surface area (Å²) in [5, 5.41) is 15.1. The lowest BCUT2D eigenvalue weighted by molar-refractivity contribution is -0.383. The lowest BCUT2D eigenvalue weighted by Gasteiger charge is -2.20. The topological polar surface area (TPSA) is 84.2 Å². The Hall–Kier alpha value is -2.41. The van der Waals surface area contributed by atoms with Crippen LogP contribution in [0.4, 0.5) is 23.0 Å². The SMILES string of the molecule is CCN(CC)c1ncnc(Nc2ccc(C)c(Cl)c2)c1[N+](=O)[O-]. The van der Waals surface area contributed by atoms with Crippen LogP contribution in [0.5, 0.6) is 0 Å². The Morgan fingerprint density at radius 3 is 2.57 bits per heavy atom. The summed E-state index contributed by atoms with van der Waals surface area (Å²) in [5.41, 5.74) is 1.42. The summed E-state index contributed by atoms with van der Waals surface area (Å²) in [6.07, 6.45) is 1.32. The number of aryl methyl sites for hydroxylation is 1. The van der Waals surface area contributed by atoms with Crippen LogP contribution in [0.25, 0.3) is 0 Å². The minimum Gasteiger partial charge on any atom is -0.351 e. The third-order valence-corrected chi connectivity index (χ3v) is 3.89. The van der Waals surface area contributed by atoms with E-state index >= 15 is 0 Å². The van der Waals surface area contributed by atoms with Crippen LogP contribution in [0.2, 0.25) is 5.02 Å². The average Bonchev–Trinajstić information content (AvgIpc) is 2.52. The number of anilines is 3. The van der Waals surface area contributed by atoms with Crippen molar-refractivity contribution in [2.45, 2.75) is 20.8 Å². The number of hydrogen-bond acceptors (Lipinski definition) is 6. The maximum Gasteiger partial charge on any atom is 0.353 e. The number of aromatic nitrogens is 2. The lowest BCUT2D eigenvalue weighted by Crippen LogP contribution is -2.24. The van der Waals surface area contributed by atoms with E-state index in [4.69, 9.17) is 11.6 Å². The van der Waals surface area contributed by atoms with Crippen molar-refractivity contribution in [2.75, 3.05) is 23.3 Å². The highest BCUT2D eigenvalue weighted by Crippen LogP contribution is 2.34. The predicted octanol–water partition coefficient (Wildman–Crippen LogP) is 3.94. The molecule has 0 radical (unpaired) electrons. The van der Waals surface area contributed by atoms with Crippen molar-refractivity contribution >= 4 is 34.6 Å². The number of nitro groups is 1. The quantitative estimate of drug-likeness (QED) is 0.636. The molecule has 0 aliphatic carbocycles. The van der Waals surface area contributed by atoms with E-state index in [1.165, 1.54) is 6.33 Å². The summed E-state index contributed by atoms with van der Waals surface area (Å²) in [7, 11) is 0. The molecular weight excluding hydrogens is 318 g/mol. The molecule has 122 valence electrons. The number of nitrogens with one attached hydrogen (secondary N) is 1. The molecule has 1 heterocycles. The fraction of sp³-hybridized carbons (Fsp3) is 0.333. The van der Waals surface area contributed by atoms with Crippen LogP contribution in [0.15, 0.2) is 24.5 Å². The zero-order chi connectivity index (χ0) is 17.0. The number of halogens is 1. The first-order valence-electron chi connectivity index (χ1n) is 7.25. The molecule has 0 aliphatic heterocycles. The maximum absolute atomic E-state index is 11.5. The fourth-order valence-electron chi connectivity index (χ4n) is 2.19. The van der Waals surface area contributed by atoms with Gasteiger partial charge in [-0.3, -0.25) is 10.1 Å². The van der Waals surface area contributed by atoms with Crippen LogP contribution >= 0.6 is 11.6 Å². The third-order valence-electron chi connectivity index (χ3n) is 3.48. The van der Waals surface area contributed by atoms with Crippen LogP contribution in [-0.4, -0.2) is 28.0 Å². The van der Waals surface area contributed by atoms with E-state index in [9.17, 15) is 10.1 Å². The molecule has 2 aromatic rings. The summed E-state index contributed by atoms with van der Waals surface area (Å²) in [6.45, 7) is 6.95. The van der Waals surface area contributed by atoms with E-state index < -0.39 is 4.92 Å². The molecule has 0 saturated carbocycles. The predicted molar refractivity (Wildman–Crippen MR) is 91.7 cm³/mol. The Morgan fingerprint density at radius 1 is 1.30 bits per heavy atom. The summed E-state index contributed by atoms with van der Waals surface area (Å²) >= 11 is 6.09. The van der Waals surface area contributed by atoms with Gasteiger partial charge in [0, 0.05) is 23.8 Å². The molecule has 0 spiro atoms. The van der Waals surface area contributed by atoms with E-state index in [0.717, 1.165) is 5.56 Å². The first kappa shape index (κ1) is 17.0. The van der Waals surface area contributed by atoms with Crippen molar-refractivity contribution in [2.24, 2.45) is 0 Å². The summed E-state index contributed by atoms with van der Waals surface area (Å²) in [4.78, 5) is 21.0. The van der Waals surface area contributed by atoms with E-state index in [-0.39, 0.29) is 11.5 Å². The third kappa shape index (κ3) is 3.68. The molecule has 8 heteroatoms. The molecule has 0 saturated heterocycles. The Labute approximate surface area is 139 Å². The van der Waals surface area contributed by atoms with Crippen LogP contribution in [0.3, 0.4) is 0 Å². The van der Waals surface area contributed by atoms with Gasteiger partial charge < -0.3 is 10.2 Å². The minimum atomic E-state index is -0.466. The van der Waals surface area contributed by atoms with Crippen LogP contribution in [-0.2, 0) is 0 Å². The van der Waals surface area contributed by atoms with Crippen molar-refractivity contribution in [1.82, 2.24) is 9.97 Å². The van der Waals surface area contributed by atoms with Gasteiger partial charge in [0.25, 0.3) is 0 Å². The standard InChI is InChI=1S/C15H18ClN5O2/c1-4-20(5-2)15-13(21(22)23)14(17-9-18-15)19-11-7-6-10(3)12(16)8-11/h6-9H,4-5H2,1-3H3,(H,17,18,19). The normalized spacial score (nSPS) is 10.4. The molecule has 1 aromatic heterocycles. The van der Waals surface area contributed by atoms with Gasteiger partial charge in [0.15, 0.2) is 0 Å². The Bertz CT molecular complexity index is 719. The highest BCUT2D eigenvalue weighted by Gasteiger charge is 2.26. The monoisotopic (exact) mass is 335 g/mol. The van der Waals surface area contributed by atoms with Gasteiger partial charge in [-0.05, 0) is 38.5 Å². The molecule has 0 aliphatic rings. The van der Waals surface area contributed by atoms with Gasteiger partial charge in [-0.2, -0.15) is 0 Å². The first-order chi connectivity index (χ1) is 11.0. The van der Waals surface area contributed by atoms with Gasteiger partial charge in [-0.15, -0.1) is 0 Å². The van der Waals surface area contributed by atoms with E-state index in [2.05, 4.69) is 15.3 Å². The second-order valence-electron chi connectivity index (χ2n) is 4.91. The van der Waals surface area contributed by atoms with Gasteiger partial charge in [0.1, 0.15) is 6.33 Å². The molecule has 0 fully saturated rings. The van der Waals surface area contributed by atoms with E-state index in [1.807, 2.05) is 31.7 Å². The minimum absolute atomic E-state index is 0.145. The number of rotatable bonds is 6.